The van der Waals surface area contributed by atoms with Crippen LogP contribution in [-0.4, -0.2) is 5.11 Å². The fraction of sp³-hybridized carbons (Fsp3) is 0.200. The van der Waals surface area contributed by atoms with Gasteiger partial charge in [-0.2, -0.15) is 26.3 Å². The lowest BCUT2D eigenvalue weighted by atomic mass is 9.97. The van der Waals surface area contributed by atoms with Gasteiger partial charge in [0, 0.05) is 5.56 Å². The smallest absolute Gasteiger partial charge is 0.416 e. The van der Waals surface area contributed by atoms with Crippen molar-refractivity contribution in [1.29, 1.82) is 0 Å². The van der Waals surface area contributed by atoms with E-state index < -0.39 is 29.2 Å². The number of aromatic hydroxyl groups is 1. The molecular weight excluding hydrogens is 390 g/mol. The first-order chi connectivity index (χ1) is 10.4. The van der Waals surface area contributed by atoms with Gasteiger partial charge in [0.05, 0.1) is 15.6 Å². The molecular formula is C15H9BrF6O. The van der Waals surface area contributed by atoms with Crippen LogP contribution >= 0.6 is 15.9 Å². The highest BCUT2D eigenvalue weighted by molar-refractivity contribution is 9.10. The molecule has 1 nitrogen and oxygen atoms in total. The third-order valence-electron chi connectivity index (χ3n) is 3.11. The van der Waals surface area contributed by atoms with Crippen molar-refractivity contribution in [3.63, 3.8) is 0 Å². The van der Waals surface area contributed by atoms with Crippen molar-refractivity contribution in [3.8, 4) is 16.9 Å². The van der Waals surface area contributed by atoms with Crippen molar-refractivity contribution < 1.29 is 31.4 Å². The summed E-state index contributed by atoms with van der Waals surface area (Å²) < 4.78 is 77.4. The largest absolute Gasteiger partial charge is 0.506 e. The fourth-order valence-electron chi connectivity index (χ4n) is 2.07. The Morgan fingerprint density at radius 2 is 1.30 bits per heavy atom. The summed E-state index contributed by atoms with van der Waals surface area (Å²) in [5.41, 5.74) is -2.78. The zero-order valence-corrected chi connectivity index (χ0v) is 13.1. The molecule has 0 saturated carbocycles. The number of benzene rings is 2. The average molecular weight is 399 g/mol. The van der Waals surface area contributed by atoms with Crippen molar-refractivity contribution in [1.82, 2.24) is 0 Å². The molecule has 0 aliphatic heterocycles. The summed E-state index contributed by atoms with van der Waals surface area (Å²) in [7, 11) is 0. The molecule has 0 aliphatic carbocycles. The van der Waals surface area contributed by atoms with E-state index in [1.807, 2.05) is 0 Å². The summed E-state index contributed by atoms with van der Waals surface area (Å²) in [4.78, 5) is 0. The molecule has 0 aliphatic rings. The van der Waals surface area contributed by atoms with E-state index in [0.29, 0.717) is 17.7 Å². The molecule has 8 heteroatoms. The Bertz CT molecular complexity index is 717. The number of hydrogen-bond acceptors (Lipinski definition) is 1. The predicted octanol–water partition coefficient (Wildman–Crippen LogP) is 6.17. The fourth-order valence-corrected chi connectivity index (χ4v) is 2.64. The van der Waals surface area contributed by atoms with Gasteiger partial charge in [0.25, 0.3) is 0 Å². The Balaban J connectivity index is 2.77. The van der Waals surface area contributed by atoms with E-state index in [2.05, 4.69) is 15.9 Å². The maximum absolute atomic E-state index is 12.9. The van der Waals surface area contributed by atoms with Gasteiger partial charge < -0.3 is 5.11 Å². The summed E-state index contributed by atoms with van der Waals surface area (Å²) in [5, 5.41) is 9.95. The molecule has 1 N–H and O–H groups in total. The maximum atomic E-state index is 12.9. The standard InChI is InChI=1S/C15H9BrF6O/c1-7-2-11(13(23)12(16)3-7)8-4-9(14(17,18)19)6-10(5-8)15(20,21)22/h2-6,23H,1H3. The van der Waals surface area contributed by atoms with Crippen LogP contribution in [0.15, 0.2) is 34.8 Å². The number of aryl methyl sites for hydroxylation is 1. The molecule has 0 aromatic heterocycles. The van der Waals surface area contributed by atoms with E-state index in [4.69, 9.17) is 0 Å². The lowest BCUT2D eigenvalue weighted by Gasteiger charge is -2.15. The molecule has 0 atom stereocenters. The SMILES string of the molecule is Cc1cc(Br)c(O)c(-c2cc(C(F)(F)F)cc(C(F)(F)F)c2)c1. The highest BCUT2D eigenvalue weighted by atomic mass is 79.9. The number of halogens is 7. The van der Waals surface area contributed by atoms with Crippen LogP contribution in [-0.2, 0) is 12.4 Å². The Morgan fingerprint density at radius 1 is 0.826 bits per heavy atom. The van der Waals surface area contributed by atoms with Gasteiger partial charge >= 0.3 is 12.4 Å². The summed E-state index contributed by atoms with van der Waals surface area (Å²) >= 11 is 3.02. The summed E-state index contributed by atoms with van der Waals surface area (Å²) in [6.07, 6.45) is -9.88. The minimum atomic E-state index is -4.94. The Labute approximate surface area is 135 Å². The Morgan fingerprint density at radius 3 is 1.74 bits per heavy atom. The summed E-state index contributed by atoms with van der Waals surface area (Å²) in [5.74, 6) is -0.428. The second kappa shape index (κ2) is 5.74. The molecule has 0 spiro atoms. The van der Waals surface area contributed by atoms with Crippen molar-refractivity contribution in [2.75, 3.05) is 0 Å². The number of alkyl halides is 6. The third-order valence-corrected chi connectivity index (χ3v) is 3.71. The van der Waals surface area contributed by atoms with Crippen LogP contribution in [0.2, 0.25) is 0 Å². The summed E-state index contributed by atoms with van der Waals surface area (Å²) in [6, 6.07) is 4.02. The monoisotopic (exact) mass is 398 g/mol. The van der Waals surface area contributed by atoms with E-state index >= 15 is 0 Å². The molecule has 0 amide bonds. The lowest BCUT2D eigenvalue weighted by molar-refractivity contribution is -0.143. The molecule has 0 radical (unpaired) electrons. The minimum Gasteiger partial charge on any atom is -0.506 e. The van der Waals surface area contributed by atoms with Gasteiger partial charge in [-0.1, -0.05) is 0 Å². The van der Waals surface area contributed by atoms with E-state index in [0.717, 1.165) is 0 Å². The van der Waals surface area contributed by atoms with Gasteiger partial charge in [-0.15, -0.1) is 0 Å². The highest BCUT2D eigenvalue weighted by Crippen LogP contribution is 2.42. The van der Waals surface area contributed by atoms with Crippen LogP contribution < -0.4 is 0 Å². The molecule has 2 aromatic rings. The predicted molar refractivity (Wildman–Crippen MR) is 76.0 cm³/mol. The van der Waals surface area contributed by atoms with Gasteiger partial charge in [-0.25, -0.2) is 0 Å². The number of hydrogen-bond donors (Lipinski definition) is 1. The van der Waals surface area contributed by atoms with E-state index in [-0.39, 0.29) is 21.7 Å². The maximum Gasteiger partial charge on any atom is 0.416 e. The first-order valence-electron chi connectivity index (χ1n) is 6.18. The van der Waals surface area contributed by atoms with E-state index in [9.17, 15) is 31.4 Å². The van der Waals surface area contributed by atoms with Gasteiger partial charge in [-0.3, -0.25) is 0 Å². The Kier molecular flexibility index (Phi) is 4.40. The van der Waals surface area contributed by atoms with Crippen LogP contribution in [0.25, 0.3) is 11.1 Å². The molecule has 2 aromatic carbocycles. The van der Waals surface area contributed by atoms with Crippen LogP contribution in [0.1, 0.15) is 16.7 Å². The van der Waals surface area contributed by atoms with Crippen LogP contribution in [0.3, 0.4) is 0 Å². The second-order valence-corrected chi connectivity index (χ2v) is 5.79. The number of rotatable bonds is 1. The van der Waals surface area contributed by atoms with Crippen molar-refractivity contribution >= 4 is 15.9 Å². The molecule has 124 valence electrons. The molecule has 2 rings (SSSR count). The Hall–Kier alpha value is -1.70. The first-order valence-corrected chi connectivity index (χ1v) is 6.98. The molecule has 0 unspecified atom stereocenters. The van der Waals surface area contributed by atoms with E-state index in [1.165, 1.54) is 12.1 Å². The van der Waals surface area contributed by atoms with Crippen LogP contribution in [0.5, 0.6) is 5.75 Å². The third kappa shape index (κ3) is 3.80. The average Bonchev–Trinajstić information content (AvgIpc) is 2.40. The number of phenols is 1. The first kappa shape index (κ1) is 17.7. The normalized spacial score (nSPS) is 12.5. The highest BCUT2D eigenvalue weighted by Gasteiger charge is 2.37. The summed E-state index contributed by atoms with van der Waals surface area (Å²) in [6.45, 7) is 1.60. The molecule has 0 bridgehead atoms. The quantitative estimate of drug-likeness (QED) is 0.569. The number of phenolic OH excluding ortho intramolecular Hbond substituents is 1. The van der Waals surface area contributed by atoms with Crippen LogP contribution in [0.4, 0.5) is 26.3 Å². The van der Waals surface area contributed by atoms with Gasteiger partial charge in [-0.05, 0) is 64.3 Å². The second-order valence-electron chi connectivity index (χ2n) is 4.94. The van der Waals surface area contributed by atoms with Crippen LogP contribution in [0, 0.1) is 6.92 Å². The minimum absolute atomic E-state index is 0.0470. The molecule has 0 fully saturated rings. The zero-order chi connectivity index (χ0) is 17.6. The van der Waals surface area contributed by atoms with Gasteiger partial charge in [0.2, 0.25) is 0 Å². The molecule has 23 heavy (non-hydrogen) atoms. The lowest BCUT2D eigenvalue weighted by Crippen LogP contribution is -2.11. The molecule has 0 saturated heterocycles. The van der Waals surface area contributed by atoms with Crippen molar-refractivity contribution in [2.45, 2.75) is 19.3 Å². The molecule has 0 heterocycles. The van der Waals surface area contributed by atoms with Crippen molar-refractivity contribution in [2.24, 2.45) is 0 Å². The zero-order valence-electron chi connectivity index (χ0n) is 11.5. The van der Waals surface area contributed by atoms with Crippen molar-refractivity contribution in [3.05, 3.63) is 51.5 Å². The topological polar surface area (TPSA) is 20.2 Å². The van der Waals surface area contributed by atoms with Gasteiger partial charge in [0.15, 0.2) is 0 Å². The van der Waals surface area contributed by atoms with Gasteiger partial charge in [0.1, 0.15) is 5.75 Å². The van der Waals surface area contributed by atoms with E-state index in [1.54, 1.807) is 6.92 Å².